The van der Waals surface area contributed by atoms with Gasteiger partial charge in [-0.2, -0.15) is 4.31 Å². The average Bonchev–Trinajstić information content (AvgIpc) is 3.03. The maximum absolute atomic E-state index is 13.4. The van der Waals surface area contributed by atoms with Crippen LogP contribution in [0.25, 0.3) is 0 Å². The van der Waals surface area contributed by atoms with Gasteiger partial charge in [-0.25, -0.2) is 8.42 Å². The third kappa shape index (κ3) is 8.56. The van der Waals surface area contributed by atoms with E-state index in [1.54, 1.807) is 14.0 Å². The van der Waals surface area contributed by atoms with Gasteiger partial charge in [-0.1, -0.05) is 23.8 Å². The standard InChI is InChI=1S/C31H41N3O7S/c1-24(31(36)32-17-16-25-6-4-3-5-7-25)34(22-26-8-10-27(39-2)11-9-26)30(35)23-41-28-12-14-29(15-13-28)42(37,38)33-18-20-40-21-19-33/h6,8-15,24H,3-5,7,16-23H2,1-2H3,(H,32,36). The number of methoxy groups -OCH3 is 1. The van der Waals surface area contributed by atoms with Gasteiger partial charge in [0.1, 0.15) is 17.5 Å². The van der Waals surface area contributed by atoms with Gasteiger partial charge in [-0.15, -0.1) is 0 Å². The summed E-state index contributed by atoms with van der Waals surface area (Å²) in [4.78, 5) is 28.2. The van der Waals surface area contributed by atoms with Gasteiger partial charge >= 0.3 is 0 Å². The summed E-state index contributed by atoms with van der Waals surface area (Å²) in [6.07, 6.45) is 7.65. The Morgan fingerprint density at radius 2 is 1.71 bits per heavy atom. The zero-order valence-corrected chi connectivity index (χ0v) is 25.2. The first kappa shape index (κ1) is 31.5. The van der Waals surface area contributed by atoms with Crippen molar-refractivity contribution in [2.45, 2.75) is 56.5 Å². The normalized spacial score (nSPS) is 16.7. The van der Waals surface area contributed by atoms with Crippen molar-refractivity contribution < 1.29 is 32.2 Å². The van der Waals surface area contributed by atoms with Gasteiger partial charge in [-0.3, -0.25) is 9.59 Å². The van der Waals surface area contributed by atoms with Crippen molar-refractivity contribution in [3.05, 3.63) is 65.7 Å². The summed E-state index contributed by atoms with van der Waals surface area (Å²) in [6, 6.07) is 12.6. The van der Waals surface area contributed by atoms with Gasteiger partial charge in [0.25, 0.3) is 5.91 Å². The highest BCUT2D eigenvalue weighted by Gasteiger charge is 2.28. The second-order valence-electron chi connectivity index (χ2n) is 10.5. The molecular formula is C31H41N3O7S. The molecule has 1 N–H and O–H groups in total. The van der Waals surface area contributed by atoms with E-state index in [9.17, 15) is 18.0 Å². The van der Waals surface area contributed by atoms with Crippen LogP contribution < -0.4 is 14.8 Å². The van der Waals surface area contributed by atoms with E-state index in [0.29, 0.717) is 44.3 Å². The molecule has 0 radical (unpaired) electrons. The lowest BCUT2D eigenvalue weighted by Gasteiger charge is -2.29. The highest BCUT2D eigenvalue weighted by atomic mass is 32.2. The molecule has 228 valence electrons. The SMILES string of the molecule is COc1ccc(CN(C(=O)COc2ccc(S(=O)(=O)N3CCOCC3)cc2)C(C)C(=O)NCCC2=CCCCC2)cc1. The molecule has 1 aliphatic carbocycles. The topological polar surface area (TPSA) is 114 Å². The minimum absolute atomic E-state index is 0.151. The number of allylic oxidation sites excluding steroid dienone is 1. The quantitative estimate of drug-likeness (QED) is 0.351. The number of hydrogen-bond donors (Lipinski definition) is 1. The Kier molecular flexibility index (Phi) is 11.4. The van der Waals surface area contributed by atoms with Crippen molar-refractivity contribution in [2.24, 2.45) is 0 Å². The first-order valence-corrected chi connectivity index (χ1v) is 15.9. The molecule has 11 heteroatoms. The van der Waals surface area contributed by atoms with Gasteiger partial charge < -0.3 is 24.4 Å². The molecular weight excluding hydrogens is 558 g/mol. The fraction of sp³-hybridized carbons (Fsp3) is 0.484. The van der Waals surface area contributed by atoms with Gasteiger partial charge in [0.2, 0.25) is 15.9 Å². The number of sulfonamides is 1. The number of rotatable bonds is 13. The van der Waals surface area contributed by atoms with Crippen molar-refractivity contribution >= 4 is 21.8 Å². The molecule has 2 aromatic rings. The summed E-state index contributed by atoms with van der Waals surface area (Å²) in [6.45, 7) is 3.48. The van der Waals surface area contributed by atoms with Crippen LogP contribution in [-0.2, 0) is 30.9 Å². The van der Waals surface area contributed by atoms with E-state index in [0.717, 1.165) is 24.8 Å². The van der Waals surface area contributed by atoms with E-state index < -0.39 is 16.1 Å². The van der Waals surface area contributed by atoms with Gasteiger partial charge in [0.15, 0.2) is 6.61 Å². The summed E-state index contributed by atoms with van der Waals surface area (Å²) >= 11 is 0. The number of nitrogens with one attached hydrogen (secondary N) is 1. The third-order valence-electron chi connectivity index (χ3n) is 7.60. The lowest BCUT2D eigenvalue weighted by atomic mass is 9.97. The maximum atomic E-state index is 13.4. The molecule has 1 atom stereocenters. The number of carbonyl (C=O) groups excluding carboxylic acids is 2. The van der Waals surface area contributed by atoms with E-state index in [1.807, 2.05) is 24.3 Å². The van der Waals surface area contributed by atoms with Crippen LogP contribution in [0, 0.1) is 0 Å². The molecule has 0 aromatic heterocycles. The Balaban J connectivity index is 1.39. The van der Waals surface area contributed by atoms with Crippen molar-refractivity contribution in [2.75, 3.05) is 46.6 Å². The fourth-order valence-corrected chi connectivity index (χ4v) is 6.42. The van der Waals surface area contributed by atoms with E-state index in [-0.39, 0.29) is 29.9 Å². The second-order valence-corrected chi connectivity index (χ2v) is 12.4. The lowest BCUT2D eigenvalue weighted by molar-refractivity contribution is -0.142. The molecule has 42 heavy (non-hydrogen) atoms. The smallest absolute Gasteiger partial charge is 0.261 e. The Hall–Kier alpha value is -3.41. The van der Waals surface area contributed by atoms with Crippen LogP contribution in [0.15, 0.2) is 65.1 Å². The summed E-state index contributed by atoms with van der Waals surface area (Å²) < 4.78 is 43.4. The van der Waals surface area contributed by atoms with E-state index in [1.165, 1.54) is 51.9 Å². The van der Waals surface area contributed by atoms with Gasteiger partial charge in [0.05, 0.1) is 25.2 Å². The highest BCUT2D eigenvalue weighted by molar-refractivity contribution is 7.89. The number of ether oxygens (including phenoxy) is 3. The maximum Gasteiger partial charge on any atom is 0.261 e. The van der Waals surface area contributed by atoms with Crippen LogP contribution >= 0.6 is 0 Å². The predicted octanol–water partition coefficient (Wildman–Crippen LogP) is 3.52. The number of morpholine rings is 1. The van der Waals surface area contributed by atoms with Crippen LogP contribution in [-0.4, -0.2) is 82.0 Å². The number of carbonyl (C=O) groups is 2. The molecule has 1 saturated heterocycles. The largest absolute Gasteiger partial charge is 0.497 e. The fourth-order valence-electron chi connectivity index (χ4n) is 5.01. The summed E-state index contributed by atoms with van der Waals surface area (Å²) in [5.41, 5.74) is 2.21. The monoisotopic (exact) mass is 599 g/mol. The predicted molar refractivity (Wildman–Crippen MR) is 159 cm³/mol. The molecule has 2 aliphatic rings. The van der Waals surface area contributed by atoms with Crippen LogP contribution in [0.4, 0.5) is 0 Å². The number of benzene rings is 2. The number of amides is 2. The number of hydrogen-bond acceptors (Lipinski definition) is 7. The molecule has 0 spiro atoms. The molecule has 2 amide bonds. The molecule has 1 unspecified atom stereocenters. The minimum Gasteiger partial charge on any atom is -0.497 e. The van der Waals surface area contributed by atoms with Crippen LogP contribution in [0.5, 0.6) is 11.5 Å². The molecule has 10 nitrogen and oxygen atoms in total. The van der Waals surface area contributed by atoms with Crippen LogP contribution in [0.1, 0.15) is 44.6 Å². The zero-order valence-electron chi connectivity index (χ0n) is 24.4. The van der Waals surface area contributed by atoms with Gasteiger partial charge in [0, 0.05) is 26.2 Å². The molecule has 2 aromatic carbocycles. The Morgan fingerprint density at radius 3 is 2.36 bits per heavy atom. The molecule has 0 bridgehead atoms. The molecule has 0 saturated carbocycles. The Bertz CT molecular complexity index is 1320. The molecule has 4 rings (SSSR count). The summed E-state index contributed by atoms with van der Waals surface area (Å²) in [5.74, 6) is 0.452. The first-order chi connectivity index (χ1) is 20.3. The lowest BCUT2D eigenvalue weighted by Crippen LogP contribution is -2.49. The molecule has 1 fully saturated rings. The summed E-state index contributed by atoms with van der Waals surface area (Å²) in [5, 5.41) is 2.99. The number of nitrogens with zero attached hydrogens (tertiary/aromatic N) is 2. The van der Waals surface area contributed by atoms with Crippen molar-refractivity contribution in [3.8, 4) is 11.5 Å². The van der Waals surface area contributed by atoms with Crippen LogP contribution in [0.3, 0.4) is 0 Å². The van der Waals surface area contributed by atoms with Crippen LogP contribution in [0.2, 0.25) is 0 Å². The van der Waals surface area contributed by atoms with Gasteiger partial charge in [-0.05, 0) is 81.0 Å². The average molecular weight is 600 g/mol. The molecule has 1 aliphatic heterocycles. The highest BCUT2D eigenvalue weighted by Crippen LogP contribution is 2.22. The molecule has 1 heterocycles. The minimum atomic E-state index is -3.63. The Morgan fingerprint density at radius 1 is 1.02 bits per heavy atom. The van der Waals surface area contributed by atoms with E-state index >= 15 is 0 Å². The second kappa shape index (κ2) is 15.2. The van der Waals surface area contributed by atoms with E-state index in [2.05, 4.69) is 11.4 Å². The van der Waals surface area contributed by atoms with Crippen molar-refractivity contribution in [1.29, 1.82) is 0 Å². The third-order valence-corrected chi connectivity index (χ3v) is 9.52. The summed E-state index contributed by atoms with van der Waals surface area (Å²) in [7, 11) is -2.05. The van der Waals surface area contributed by atoms with Crippen molar-refractivity contribution in [1.82, 2.24) is 14.5 Å². The first-order valence-electron chi connectivity index (χ1n) is 14.5. The zero-order chi connectivity index (χ0) is 30.0. The van der Waals surface area contributed by atoms with E-state index in [4.69, 9.17) is 14.2 Å². The Labute approximate surface area is 248 Å². The van der Waals surface area contributed by atoms with Crippen molar-refractivity contribution in [3.63, 3.8) is 0 Å².